The zero-order valence-corrected chi connectivity index (χ0v) is 4.73. The molecule has 0 aromatic heterocycles. The molecule has 0 aromatic rings. The van der Waals surface area contributed by atoms with Crippen molar-refractivity contribution < 1.29 is 8.78 Å². The van der Waals surface area contributed by atoms with Gasteiger partial charge in [-0.05, 0) is 6.92 Å². The van der Waals surface area contributed by atoms with E-state index in [1.165, 1.54) is 0 Å². The molecule has 1 rings (SSSR count). The Bertz CT molecular complexity index is 172. The molecular formula is C5H4F2N2. The summed E-state index contributed by atoms with van der Waals surface area (Å²) in [4.78, 5) is 3.39. The molecule has 0 atom stereocenters. The number of halogens is 2. The number of alkyl halides is 2. The van der Waals surface area contributed by atoms with Gasteiger partial charge in [0.05, 0.1) is 0 Å². The lowest BCUT2D eigenvalue weighted by atomic mass is 10.5. The fourth-order valence-corrected chi connectivity index (χ4v) is 0.460. The lowest BCUT2D eigenvalue weighted by Gasteiger charge is -1.89. The molecule has 0 saturated carbocycles. The summed E-state index contributed by atoms with van der Waals surface area (Å²) in [6.45, 7) is 1.54. The lowest BCUT2D eigenvalue weighted by Crippen LogP contribution is -1.97. The summed E-state index contributed by atoms with van der Waals surface area (Å²) in [7, 11) is 0. The van der Waals surface area contributed by atoms with Crippen LogP contribution in [-0.2, 0) is 0 Å². The third-order valence-corrected chi connectivity index (χ3v) is 0.821. The van der Waals surface area contributed by atoms with Gasteiger partial charge in [0.2, 0.25) is 0 Å². The summed E-state index contributed by atoms with van der Waals surface area (Å²) in [5.41, 5.74) is -0.368. The molecule has 1 aliphatic heterocycles. The van der Waals surface area contributed by atoms with E-state index in [4.69, 9.17) is 0 Å². The number of allylic oxidation sites excluding steroid dienone is 1. The highest BCUT2D eigenvalue weighted by Crippen LogP contribution is 2.11. The van der Waals surface area contributed by atoms with Crippen LogP contribution in [0.1, 0.15) is 6.92 Å². The molecule has 0 unspecified atom stereocenters. The van der Waals surface area contributed by atoms with Gasteiger partial charge in [0.25, 0.3) is 6.43 Å². The van der Waals surface area contributed by atoms with E-state index in [0.29, 0.717) is 5.84 Å². The van der Waals surface area contributed by atoms with Gasteiger partial charge in [-0.15, -0.1) is 0 Å². The summed E-state index contributed by atoms with van der Waals surface area (Å²) in [5, 5.41) is 3.42. The van der Waals surface area contributed by atoms with Crippen molar-refractivity contribution in [3.63, 3.8) is 0 Å². The molecule has 9 heavy (non-hydrogen) atoms. The molecule has 1 heterocycles. The van der Waals surface area contributed by atoms with Crippen molar-refractivity contribution in [2.75, 3.05) is 0 Å². The van der Waals surface area contributed by atoms with Gasteiger partial charge in [0.1, 0.15) is 17.7 Å². The molecule has 48 valence electrons. The first kappa shape index (κ1) is 6.19. The Kier molecular flexibility index (Phi) is 1.46. The van der Waals surface area contributed by atoms with E-state index < -0.39 is 6.43 Å². The molecule has 0 saturated heterocycles. The highest BCUT2D eigenvalue weighted by Gasteiger charge is 2.15. The number of hydrogen-bond donors (Lipinski definition) is 0. The molecule has 2 nitrogen and oxygen atoms in total. The van der Waals surface area contributed by atoms with Crippen LogP contribution in [0.25, 0.3) is 0 Å². The van der Waals surface area contributed by atoms with Gasteiger partial charge in [0.15, 0.2) is 0 Å². The molecule has 0 aromatic carbocycles. The minimum atomic E-state index is -2.55. The van der Waals surface area contributed by atoms with E-state index in [2.05, 4.69) is 16.5 Å². The minimum absolute atomic E-state index is 0.338. The standard InChI is InChI=1S/C5H4F2N2/c1-3-8-2-4(9-3)5(6)7/h5H,1H3. The number of amidine groups is 1. The van der Waals surface area contributed by atoms with E-state index in [1.54, 1.807) is 6.92 Å². The van der Waals surface area contributed by atoms with Crippen molar-refractivity contribution in [2.24, 2.45) is 4.99 Å². The average Bonchev–Trinajstić information content (AvgIpc) is 2.14. The fourth-order valence-electron chi connectivity index (χ4n) is 0.460. The topological polar surface area (TPSA) is 26.5 Å². The van der Waals surface area contributed by atoms with Gasteiger partial charge in [-0.25, -0.2) is 19.1 Å². The second-order valence-corrected chi connectivity index (χ2v) is 1.57. The van der Waals surface area contributed by atoms with Crippen LogP contribution in [-0.4, -0.2) is 12.3 Å². The number of hydrogen-bond acceptors (Lipinski definition) is 1. The summed E-state index contributed by atoms with van der Waals surface area (Å²) in [5.74, 6) is 0.338. The average molecular weight is 130 g/mol. The molecule has 0 N–H and O–H groups in total. The first-order chi connectivity index (χ1) is 4.20. The molecule has 0 aliphatic carbocycles. The maximum atomic E-state index is 11.6. The van der Waals surface area contributed by atoms with Crippen molar-refractivity contribution in [3.05, 3.63) is 11.9 Å². The van der Waals surface area contributed by atoms with Crippen LogP contribution >= 0.6 is 0 Å². The monoisotopic (exact) mass is 130 g/mol. The summed E-state index contributed by atoms with van der Waals surface area (Å²) >= 11 is 0. The predicted molar refractivity (Wildman–Crippen MR) is 28.0 cm³/mol. The number of nitrogens with zero attached hydrogens (tertiary/aromatic N) is 2. The largest absolute Gasteiger partial charge is 0.282 e. The molecule has 4 heteroatoms. The van der Waals surface area contributed by atoms with Gasteiger partial charge in [-0.2, -0.15) is 0 Å². The second kappa shape index (κ2) is 2.13. The first-order valence-corrected chi connectivity index (χ1v) is 2.37. The van der Waals surface area contributed by atoms with Gasteiger partial charge in [-0.3, -0.25) is 0 Å². The van der Waals surface area contributed by atoms with Gasteiger partial charge in [0, 0.05) is 0 Å². The normalized spacial score (nSPS) is 17.3. The van der Waals surface area contributed by atoms with Crippen molar-refractivity contribution in [3.8, 4) is 0 Å². The summed E-state index contributed by atoms with van der Waals surface area (Å²) in [6.07, 6.45) is -0.456. The molecule has 0 bridgehead atoms. The van der Waals surface area contributed by atoms with Crippen molar-refractivity contribution in [1.29, 1.82) is 0 Å². The van der Waals surface area contributed by atoms with Crippen molar-refractivity contribution >= 4 is 5.84 Å². The summed E-state index contributed by atoms with van der Waals surface area (Å²) in [6, 6.07) is 0. The Morgan fingerprint density at radius 3 is 2.44 bits per heavy atom. The van der Waals surface area contributed by atoms with Crippen LogP contribution in [0.5, 0.6) is 0 Å². The van der Waals surface area contributed by atoms with Gasteiger partial charge >= 0.3 is 0 Å². The zero-order chi connectivity index (χ0) is 6.85. The van der Waals surface area contributed by atoms with E-state index in [-0.39, 0.29) is 5.70 Å². The first-order valence-electron chi connectivity index (χ1n) is 2.37. The summed E-state index contributed by atoms with van der Waals surface area (Å²) < 4.78 is 23.3. The highest BCUT2D eigenvalue weighted by molar-refractivity contribution is 5.82. The van der Waals surface area contributed by atoms with E-state index in [1.807, 2.05) is 0 Å². The Morgan fingerprint density at radius 2 is 2.22 bits per heavy atom. The van der Waals surface area contributed by atoms with E-state index in [0.717, 1.165) is 0 Å². The third kappa shape index (κ3) is 1.25. The fraction of sp³-hybridized carbons (Fsp3) is 0.400. The van der Waals surface area contributed by atoms with E-state index in [9.17, 15) is 8.78 Å². The second-order valence-electron chi connectivity index (χ2n) is 1.57. The van der Waals surface area contributed by atoms with Crippen LogP contribution in [0.15, 0.2) is 10.7 Å². The Hall–Kier alpha value is -0.930. The van der Waals surface area contributed by atoms with Crippen LogP contribution < -0.4 is 5.32 Å². The number of aliphatic imine (C=N–C) groups is 1. The minimum Gasteiger partial charge on any atom is -0.230 e. The van der Waals surface area contributed by atoms with Crippen LogP contribution in [0, 0.1) is 6.20 Å². The molecule has 2 radical (unpaired) electrons. The molecule has 1 aliphatic rings. The van der Waals surface area contributed by atoms with E-state index >= 15 is 0 Å². The van der Waals surface area contributed by atoms with Crippen LogP contribution in [0.4, 0.5) is 8.78 Å². The number of rotatable bonds is 1. The van der Waals surface area contributed by atoms with Gasteiger partial charge in [-0.1, -0.05) is 0 Å². The highest BCUT2D eigenvalue weighted by atomic mass is 19.3. The van der Waals surface area contributed by atoms with Gasteiger partial charge < -0.3 is 0 Å². The SMILES string of the molecule is CC1=NC(C(F)F)=[C][N]1. The third-order valence-electron chi connectivity index (χ3n) is 0.821. The molecule has 0 spiro atoms. The maximum absolute atomic E-state index is 11.6. The molecular weight excluding hydrogens is 126 g/mol. The Labute approximate surface area is 51.3 Å². The van der Waals surface area contributed by atoms with Crippen molar-refractivity contribution in [1.82, 2.24) is 5.32 Å². The molecule has 0 fully saturated rings. The Balaban J connectivity index is 2.64. The molecule has 0 amide bonds. The van der Waals surface area contributed by atoms with Crippen molar-refractivity contribution in [2.45, 2.75) is 13.3 Å². The van der Waals surface area contributed by atoms with Crippen LogP contribution in [0.2, 0.25) is 0 Å². The zero-order valence-electron chi connectivity index (χ0n) is 4.73. The Morgan fingerprint density at radius 1 is 1.56 bits per heavy atom. The smallest absolute Gasteiger partial charge is 0.230 e. The quantitative estimate of drug-likeness (QED) is 0.505. The predicted octanol–water partition coefficient (Wildman–Crippen LogP) is 0.932. The lowest BCUT2D eigenvalue weighted by molar-refractivity contribution is 0.188. The van der Waals surface area contributed by atoms with Crippen LogP contribution in [0.3, 0.4) is 0 Å². The maximum Gasteiger partial charge on any atom is 0.282 e.